The minimum absolute atomic E-state index is 0.0229. The summed E-state index contributed by atoms with van der Waals surface area (Å²) >= 11 is 3.54. The lowest BCUT2D eigenvalue weighted by molar-refractivity contribution is 0.0288. The normalized spacial score (nSPS) is 17.9. The van der Waals surface area contributed by atoms with E-state index in [1.807, 2.05) is 6.07 Å². The Balaban J connectivity index is 1.53. The van der Waals surface area contributed by atoms with Crippen LogP contribution in [-0.2, 0) is 11.3 Å². The smallest absolute Gasteiger partial charge is 0.138 e. The van der Waals surface area contributed by atoms with E-state index in [0.717, 1.165) is 29.9 Å². The third-order valence-corrected chi connectivity index (χ3v) is 5.09. The lowest BCUT2D eigenvalue weighted by Gasteiger charge is -2.22. The molecule has 4 heteroatoms. The van der Waals surface area contributed by atoms with E-state index >= 15 is 0 Å². The second-order valence-corrected chi connectivity index (χ2v) is 7.43. The van der Waals surface area contributed by atoms with Crippen molar-refractivity contribution in [1.29, 1.82) is 0 Å². The standard InChI is InChI=1S/C21H21BrN2O/c1-16-5-7-17(8-6-16)14-24-11-12-25-21(24)18-9-10-23(15-18)20-4-2-3-19(22)13-20/h2-10,13,15,21H,11-12,14H2,1H3. The van der Waals surface area contributed by atoms with Crippen LogP contribution in [0.4, 0.5) is 0 Å². The lowest BCUT2D eigenvalue weighted by Crippen LogP contribution is -2.23. The van der Waals surface area contributed by atoms with Gasteiger partial charge in [-0.3, -0.25) is 4.90 Å². The molecule has 4 rings (SSSR count). The van der Waals surface area contributed by atoms with Gasteiger partial charge in [0.15, 0.2) is 0 Å². The molecule has 128 valence electrons. The van der Waals surface area contributed by atoms with E-state index in [1.165, 1.54) is 16.7 Å². The van der Waals surface area contributed by atoms with Crippen LogP contribution >= 0.6 is 15.9 Å². The quantitative estimate of drug-likeness (QED) is 0.611. The Bertz CT molecular complexity index is 856. The molecule has 0 amide bonds. The van der Waals surface area contributed by atoms with Gasteiger partial charge < -0.3 is 9.30 Å². The van der Waals surface area contributed by atoms with Crippen molar-refractivity contribution in [2.24, 2.45) is 0 Å². The predicted molar refractivity (Wildman–Crippen MR) is 104 cm³/mol. The number of rotatable bonds is 4. The molecule has 0 aliphatic carbocycles. The predicted octanol–water partition coefficient (Wildman–Crippen LogP) is 5.08. The van der Waals surface area contributed by atoms with Crippen LogP contribution in [0.15, 0.2) is 71.5 Å². The number of hydrogen-bond acceptors (Lipinski definition) is 2. The molecular weight excluding hydrogens is 376 g/mol. The van der Waals surface area contributed by atoms with E-state index in [2.05, 4.69) is 93.2 Å². The maximum atomic E-state index is 6.02. The first-order valence-electron chi connectivity index (χ1n) is 8.54. The molecule has 0 saturated carbocycles. The van der Waals surface area contributed by atoms with Crippen molar-refractivity contribution in [1.82, 2.24) is 9.47 Å². The Hall–Kier alpha value is -1.88. The summed E-state index contributed by atoms with van der Waals surface area (Å²) in [6.07, 6.45) is 4.29. The van der Waals surface area contributed by atoms with Gasteiger partial charge in [-0.1, -0.05) is 51.8 Å². The van der Waals surface area contributed by atoms with E-state index in [1.54, 1.807) is 0 Å². The second kappa shape index (κ2) is 7.16. The fourth-order valence-corrected chi connectivity index (χ4v) is 3.64. The highest BCUT2D eigenvalue weighted by atomic mass is 79.9. The van der Waals surface area contributed by atoms with Crippen molar-refractivity contribution in [3.8, 4) is 5.69 Å². The van der Waals surface area contributed by atoms with Crippen LogP contribution in [0.25, 0.3) is 5.69 Å². The van der Waals surface area contributed by atoms with Crippen LogP contribution < -0.4 is 0 Å². The van der Waals surface area contributed by atoms with Crippen molar-refractivity contribution < 1.29 is 4.74 Å². The van der Waals surface area contributed by atoms with Crippen molar-refractivity contribution in [2.75, 3.05) is 13.2 Å². The van der Waals surface area contributed by atoms with Gasteiger partial charge in [-0.05, 0) is 36.8 Å². The molecule has 0 N–H and O–H groups in total. The average Bonchev–Trinajstić information content (AvgIpc) is 3.26. The maximum Gasteiger partial charge on any atom is 0.138 e. The Morgan fingerprint density at radius 3 is 2.76 bits per heavy atom. The third kappa shape index (κ3) is 3.71. The number of aryl methyl sites for hydroxylation is 1. The van der Waals surface area contributed by atoms with Crippen molar-refractivity contribution >= 4 is 15.9 Å². The van der Waals surface area contributed by atoms with Crippen molar-refractivity contribution in [3.63, 3.8) is 0 Å². The molecule has 2 aromatic carbocycles. The number of nitrogens with zero attached hydrogens (tertiary/aromatic N) is 2. The Morgan fingerprint density at radius 1 is 1.12 bits per heavy atom. The molecule has 0 radical (unpaired) electrons. The third-order valence-electron chi connectivity index (χ3n) is 4.60. The first-order chi connectivity index (χ1) is 12.2. The van der Waals surface area contributed by atoms with Gasteiger partial charge >= 0.3 is 0 Å². The topological polar surface area (TPSA) is 17.4 Å². The summed E-state index contributed by atoms with van der Waals surface area (Å²) in [6.45, 7) is 4.77. The van der Waals surface area contributed by atoms with Crippen molar-refractivity contribution in [3.05, 3.63) is 88.2 Å². The van der Waals surface area contributed by atoms with Crippen LogP contribution in [0, 0.1) is 6.92 Å². The molecular formula is C21H21BrN2O. The van der Waals surface area contributed by atoms with Gasteiger partial charge in [-0.15, -0.1) is 0 Å². The maximum absolute atomic E-state index is 6.02. The van der Waals surface area contributed by atoms with Gasteiger partial charge in [0, 0.05) is 41.2 Å². The molecule has 1 atom stereocenters. The highest BCUT2D eigenvalue weighted by molar-refractivity contribution is 9.10. The minimum atomic E-state index is 0.0229. The second-order valence-electron chi connectivity index (χ2n) is 6.51. The zero-order valence-corrected chi connectivity index (χ0v) is 15.8. The first-order valence-corrected chi connectivity index (χ1v) is 9.33. The lowest BCUT2D eigenvalue weighted by atomic mass is 10.1. The molecule has 3 nitrogen and oxygen atoms in total. The zero-order chi connectivity index (χ0) is 17.2. The van der Waals surface area contributed by atoms with Gasteiger partial charge in [0.05, 0.1) is 6.61 Å². The molecule has 1 aliphatic rings. The summed E-state index contributed by atoms with van der Waals surface area (Å²) in [7, 11) is 0. The number of ether oxygens (including phenoxy) is 1. The van der Waals surface area contributed by atoms with E-state index < -0.39 is 0 Å². The number of halogens is 1. The molecule has 1 fully saturated rings. The first kappa shape index (κ1) is 16.6. The Kier molecular flexibility index (Phi) is 4.75. The minimum Gasteiger partial charge on any atom is -0.357 e. The van der Waals surface area contributed by atoms with Gasteiger partial charge in [0.2, 0.25) is 0 Å². The van der Waals surface area contributed by atoms with Gasteiger partial charge in [-0.2, -0.15) is 0 Å². The molecule has 1 aliphatic heterocycles. The number of hydrogen-bond donors (Lipinski definition) is 0. The van der Waals surface area contributed by atoms with Crippen molar-refractivity contribution in [2.45, 2.75) is 19.7 Å². The van der Waals surface area contributed by atoms with Gasteiger partial charge in [-0.25, -0.2) is 0 Å². The Labute approximate surface area is 157 Å². The fraction of sp³-hybridized carbons (Fsp3) is 0.238. The Morgan fingerprint density at radius 2 is 1.96 bits per heavy atom. The molecule has 1 aromatic heterocycles. The molecule has 25 heavy (non-hydrogen) atoms. The summed E-state index contributed by atoms with van der Waals surface area (Å²) in [4.78, 5) is 2.39. The molecule has 3 aromatic rings. The fourth-order valence-electron chi connectivity index (χ4n) is 3.26. The van der Waals surface area contributed by atoms with Crippen LogP contribution in [0.1, 0.15) is 22.9 Å². The van der Waals surface area contributed by atoms with E-state index in [-0.39, 0.29) is 6.23 Å². The summed E-state index contributed by atoms with van der Waals surface area (Å²) in [6, 6.07) is 19.2. The largest absolute Gasteiger partial charge is 0.357 e. The summed E-state index contributed by atoms with van der Waals surface area (Å²) in [5, 5.41) is 0. The van der Waals surface area contributed by atoms with Gasteiger partial charge in [0.25, 0.3) is 0 Å². The average molecular weight is 397 g/mol. The van der Waals surface area contributed by atoms with Gasteiger partial charge in [0.1, 0.15) is 6.23 Å². The molecule has 1 saturated heterocycles. The molecule has 1 unspecified atom stereocenters. The van der Waals surface area contributed by atoms with E-state index in [4.69, 9.17) is 4.74 Å². The monoisotopic (exact) mass is 396 g/mol. The summed E-state index contributed by atoms with van der Waals surface area (Å²) < 4.78 is 9.25. The number of aromatic nitrogens is 1. The van der Waals surface area contributed by atoms with E-state index in [0.29, 0.717) is 0 Å². The van der Waals surface area contributed by atoms with E-state index in [9.17, 15) is 0 Å². The summed E-state index contributed by atoms with van der Waals surface area (Å²) in [5.41, 5.74) is 4.96. The zero-order valence-electron chi connectivity index (χ0n) is 14.2. The summed E-state index contributed by atoms with van der Waals surface area (Å²) in [5.74, 6) is 0. The molecule has 0 spiro atoms. The number of benzene rings is 2. The molecule has 0 bridgehead atoms. The van der Waals surface area contributed by atoms with Crippen LogP contribution in [0.2, 0.25) is 0 Å². The molecule has 2 heterocycles. The van der Waals surface area contributed by atoms with Crippen LogP contribution in [0.5, 0.6) is 0 Å². The highest BCUT2D eigenvalue weighted by Gasteiger charge is 2.27. The highest BCUT2D eigenvalue weighted by Crippen LogP contribution is 2.29. The van der Waals surface area contributed by atoms with Crippen LogP contribution in [0.3, 0.4) is 0 Å². The SMILES string of the molecule is Cc1ccc(CN2CCOC2c2ccn(-c3cccc(Br)c3)c2)cc1. The van der Waals surface area contributed by atoms with Crippen LogP contribution in [-0.4, -0.2) is 22.6 Å².